The van der Waals surface area contributed by atoms with Crippen LogP contribution in [0.1, 0.15) is 11.3 Å². The molecule has 64 valence electrons. The van der Waals surface area contributed by atoms with Crippen LogP contribution in [0.25, 0.3) is 0 Å². The van der Waals surface area contributed by atoms with Gasteiger partial charge in [0.05, 0.1) is 5.69 Å². The smallest absolute Gasteiger partial charge is 0.116 e. The van der Waals surface area contributed by atoms with Gasteiger partial charge >= 0.3 is 0 Å². The fraction of sp³-hybridized carbons (Fsp3) is 0.500. The van der Waals surface area contributed by atoms with Crippen LogP contribution in [0.4, 0.5) is 0 Å². The van der Waals surface area contributed by atoms with E-state index in [4.69, 9.17) is 0 Å². The highest BCUT2D eigenvalue weighted by Crippen LogP contribution is 2.21. The van der Waals surface area contributed by atoms with Gasteiger partial charge < -0.3 is 5.32 Å². The van der Waals surface area contributed by atoms with E-state index in [2.05, 4.69) is 21.5 Å². The second-order valence-corrected chi connectivity index (χ2v) is 3.53. The molecule has 0 atom stereocenters. The van der Waals surface area contributed by atoms with Crippen molar-refractivity contribution in [3.05, 3.63) is 17.6 Å². The van der Waals surface area contributed by atoms with Gasteiger partial charge in [-0.2, -0.15) is 0 Å². The number of thioether (sulfide) groups is 1. The van der Waals surface area contributed by atoms with Crippen LogP contribution >= 0.6 is 11.8 Å². The zero-order valence-corrected chi connectivity index (χ0v) is 7.82. The third-order valence-electron chi connectivity index (χ3n) is 2.03. The lowest BCUT2D eigenvalue weighted by molar-refractivity contribution is 0.611. The molecule has 1 N–H and O–H groups in total. The largest absolute Gasteiger partial charge is 0.312 e. The lowest BCUT2D eigenvalue weighted by Crippen LogP contribution is -2.25. The fourth-order valence-electron chi connectivity index (χ4n) is 1.42. The lowest BCUT2D eigenvalue weighted by atomic mass is 10.1. The quantitative estimate of drug-likeness (QED) is 0.515. The number of aromatic nitrogens is 2. The second kappa shape index (κ2) is 3.41. The minimum absolute atomic E-state index is 0.923. The number of nitrogens with zero attached hydrogens (tertiary/aromatic N) is 2. The van der Waals surface area contributed by atoms with Crippen LogP contribution in [0.5, 0.6) is 0 Å². The Kier molecular flexibility index (Phi) is 2.28. The molecule has 1 aromatic heterocycles. The van der Waals surface area contributed by atoms with Gasteiger partial charge in [0, 0.05) is 25.1 Å². The van der Waals surface area contributed by atoms with Crippen molar-refractivity contribution in [3.8, 4) is 0 Å². The zero-order valence-electron chi connectivity index (χ0n) is 7.00. The molecule has 0 aliphatic carbocycles. The number of hydrogen-bond acceptors (Lipinski definition) is 4. The number of hydrogen-bond donors (Lipinski definition) is 1. The summed E-state index contributed by atoms with van der Waals surface area (Å²) < 4.78 is 0. The molecule has 1 aromatic rings. The Morgan fingerprint density at radius 2 is 2.42 bits per heavy atom. The van der Waals surface area contributed by atoms with Gasteiger partial charge in [-0.05, 0) is 6.26 Å². The zero-order chi connectivity index (χ0) is 8.39. The van der Waals surface area contributed by atoms with E-state index in [1.165, 1.54) is 11.3 Å². The van der Waals surface area contributed by atoms with Gasteiger partial charge in [-0.1, -0.05) is 0 Å². The summed E-state index contributed by atoms with van der Waals surface area (Å²) in [6.45, 7) is 1.96. The first-order chi connectivity index (χ1) is 5.92. The van der Waals surface area contributed by atoms with E-state index in [0.717, 1.165) is 24.5 Å². The van der Waals surface area contributed by atoms with E-state index in [1.54, 1.807) is 18.1 Å². The number of nitrogens with one attached hydrogen (secondary N) is 1. The van der Waals surface area contributed by atoms with Gasteiger partial charge in [0.25, 0.3) is 0 Å². The van der Waals surface area contributed by atoms with Crippen LogP contribution < -0.4 is 5.32 Å². The SMILES string of the molecule is CSc1ncnc2c1CNCC2. The van der Waals surface area contributed by atoms with Crippen LogP contribution in [-0.2, 0) is 13.0 Å². The van der Waals surface area contributed by atoms with Gasteiger partial charge in [-0.15, -0.1) is 11.8 Å². The van der Waals surface area contributed by atoms with Gasteiger partial charge in [0.2, 0.25) is 0 Å². The van der Waals surface area contributed by atoms with Crippen LogP contribution in [0.15, 0.2) is 11.4 Å². The highest BCUT2D eigenvalue weighted by molar-refractivity contribution is 7.98. The molecule has 12 heavy (non-hydrogen) atoms. The predicted octanol–water partition coefficient (Wildman–Crippen LogP) is 0.844. The number of rotatable bonds is 1. The van der Waals surface area contributed by atoms with Crippen molar-refractivity contribution in [1.29, 1.82) is 0 Å². The molecular formula is C8H11N3S. The Hall–Kier alpha value is -0.610. The molecule has 0 saturated heterocycles. The maximum Gasteiger partial charge on any atom is 0.116 e. The van der Waals surface area contributed by atoms with Crippen LogP contribution in [0.3, 0.4) is 0 Å². The summed E-state index contributed by atoms with van der Waals surface area (Å²) in [7, 11) is 0. The summed E-state index contributed by atoms with van der Waals surface area (Å²) in [5.41, 5.74) is 2.50. The summed E-state index contributed by atoms with van der Waals surface area (Å²) in [4.78, 5) is 8.49. The third kappa shape index (κ3) is 1.32. The molecule has 2 heterocycles. The van der Waals surface area contributed by atoms with E-state index >= 15 is 0 Å². The van der Waals surface area contributed by atoms with Crippen molar-refractivity contribution in [3.63, 3.8) is 0 Å². The lowest BCUT2D eigenvalue weighted by Gasteiger charge is -2.17. The van der Waals surface area contributed by atoms with Crippen LogP contribution in [0, 0.1) is 0 Å². The Labute approximate surface area is 76.0 Å². The van der Waals surface area contributed by atoms with Crippen molar-refractivity contribution >= 4 is 11.8 Å². The highest BCUT2D eigenvalue weighted by atomic mass is 32.2. The summed E-state index contributed by atoms with van der Waals surface area (Å²) >= 11 is 1.69. The second-order valence-electron chi connectivity index (χ2n) is 2.73. The van der Waals surface area contributed by atoms with E-state index in [-0.39, 0.29) is 0 Å². The average Bonchev–Trinajstić information content (AvgIpc) is 2.17. The minimum atomic E-state index is 0.923. The van der Waals surface area contributed by atoms with Crippen molar-refractivity contribution < 1.29 is 0 Å². The third-order valence-corrected chi connectivity index (χ3v) is 2.77. The van der Waals surface area contributed by atoms with E-state index in [1.807, 2.05) is 0 Å². The standard InChI is InChI=1S/C8H11N3S/c1-12-8-6-4-9-3-2-7(6)10-5-11-8/h5,9H,2-4H2,1H3. The molecule has 0 bridgehead atoms. The summed E-state index contributed by atoms with van der Waals surface area (Å²) in [5.74, 6) is 0. The Bertz CT molecular complexity index is 273. The van der Waals surface area contributed by atoms with Crippen molar-refractivity contribution in [1.82, 2.24) is 15.3 Å². The average molecular weight is 181 g/mol. The Balaban J connectivity index is 2.44. The molecule has 1 aliphatic rings. The van der Waals surface area contributed by atoms with Gasteiger partial charge in [-0.3, -0.25) is 0 Å². The molecule has 1 aliphatic heterocycles. The molecular weight excluding hydrogens is 170 g/mol. The topological polar surface area (TPSA) is 37.8 Å². The summed E-state index contributed by atoms with van der Waals surface area (Å²) in [5, 5.41) is 4.44. The Morgan fingerprint density at radius 3 is 3.25 bits per heavy atom. The molecule has 0 amide bonds. The molecule has 4 heteroatoms. The summed E-state index contributed by atoms with van der Waals surface area (Å²) in [6, 6.07) is 0. The van der Waals surface area contributed by atoms with Crippen LogP contribution in [-0.4, -0.2) is 22.8 Å². The molecule has 0 spiro atoms. The first kappa shape index (κ1) is 8.01. The maximum absolute atomic E-state index is 4.26. The fourth-order valence-corrected chi connectivity index (χ4v) is 2.01. The molecule has 0 aromatic carbocycles. The molecule has 2 rings (SSSR count). The van der Waals surface area contributed by atoms with E-state index < -0.39 is 0 Å². The van der Waals surface area contributed by atoms with E-state index in [0.29, 0.717) is 0 Å². The highest BCUT2D eigenvalue weighted by Gasteiger charge is 2.13. The van der Waals surface area contributed by atoms with Crippen LogP contribution in [0.2, 0.25) is 0 Å². The predicted molar refractivity (Wildman–Crippen MR) is 49.2 cm³/mol. The van der Waals surface area contributed by atoms with Gasteiger partial charge in [0.15, 0.2) is 0 Å². The van der Waals surface area contributed by atoms with Gasteiger partial charge in [-0.25, -0.2) is 9.97 Å². The van der Waals surface area contributed by atoms with Gasteiger partial charge in [0.1, 0.15) is 11.4 Å². The molecule has 0 saturated carbocycles. The monoisotopic (exact) mass is 181 g/mol. The first-order valence-electron chi connectivity index (χ1n) is 3.99. The van der Waals surface area contributed by atoms with Crippen molar-refractivity contribution in [2.75, 3.05) is 12.8 Å². The molecule has 0 unspecified atom stereocenters. The summed E-state index contributed by atoms with van der Waals surface area (Å²) in [6.07, 6.45) is 4.75. The maximum atomic E-state index is 4.26. The minimum Gasteiger partial charge on any atom is -0.312 e. The van der Waals surface area contributed by atoms with E-state index in [9.17, 15) is 0 Å². The molecule has 0 radical (unpaired) electrons. The number of fused-ring (bicyclic) bond motifs is 1. The Morgan fingerprint density at radius 1 is 1.50 bits per heavy atom. The van der Waals surface area contributed by atoms with Crippen molar-refractivity contribution in [2.45, 2.75) is 18.0 Å². The molecule has 0 fully saturated rings. The van der Waals surface area contributed by atoms with Crippen molar-refractivity contribution in [2.24, 2.45) is 0 Å². The molecule has 3 nitrogen and oxygen atoms in total. The first-order valence-corrected chi connectivity index (χ1v) is 5.21. The normalized spacial score (nSPS) is 15.8.